The van der Waals surface area contributed by atoms with Gasteiger partial charge in [-0.15, -0.1) is 0 Å². The molecule has 0 aliphatic carbocycles. The number of nitrogens with one attached hydrogen (secondary N) is 1. The Morgan fingerprint density at radius 1 is 1.37 bits per heavy atom. The van der Waals surface area contributed by atoms with E-state index in [0.29, 0.717) is 13.1 Å². The molecule has 0 aromatic heterocycles. The fraction of sp³-hybridized carbons (Fsp3) is 0.364. The molecule has 106 valence electrons. The van der Waals surface area contributed by atoms with Crippen LogP contribution in [0.4, 0.5) is 0 Å². The highest BCUT2D eigenvalue weighted by molar-refractivity contribution is 9.10. The van der Waals surface area contributed by atoms with Crippen LogP contribution in [0.15, 0.2) is 33.6 Å². The van der Waals surface area contributed by atoms with E-state index in [-0.39, 0.29) is 17.3 Å². The van der Waals surface area contributed by atoms with Crippen LogP contribution in [0.3, 0.4) is 0 Å². The lowest BCUT2D eigenvalue weighted by atomic mass is 10.4. The van der Waals surface area contributed by atoms with Gasteiger partial charge in [0.05, 0.1) is 11.4 Å². The van der Waals surface area contributed by atoms with E-state index in [9.17, 15) is 13.2 Å². The maximum Gasteiger partial charge on any atom is 0.243 e. The fourth-order valence-electron chi connectivity index (χ4n) is 1.34. The summed E-state index contributed by atoms with van der Waals surface area (Å²) < 4.78 is 26.1. The van der Waals surface area contributed by atoms with Crippen molar-refractivity contribution in [2.24, 2.45) is 5.73 Å². The second kappa shape index (κ2) is 6.99. The van der Waals surface area contributed by atoms with Gasteiger partial charge in [-0.1, -0.05) is 15.9 Å². The van der Waals surface area contributed by atoms with Crippen LogP contribution in [0.2, 0.25) is 0 Å². The summed E-state index contributed by atoms with van der Waals surface area (Å²) in [6.45, 7) is 0.401. The first-order chi connectivity index (χ1) is 8.87. The molecule has 0 unspecified atom stereocenters. The smallest absolute Gasteiger partial charge is 0.243 e. The first-order valence-corrected chi connectivity index (χ1v) is 7.80. The first kappa shape index (κ1) is 16.1. The minimum absolute atomic E-state index is 0.143. The molecule has 0 saturated carbocycles. The average molecular weight is 350 g/mol. The molecule has 19 heavy (non-hydrogen) atoms. The molecule has 0 aliphatic heterocycles. The number of rotatable bonds is 6. The number of carbonyl (C=O) groups excluding carboxylic acids is 1. The molecule has 3 N–H and O–H groups in total. The minimum Gasteiger partial charge on any atom is -0.354 e. The Bertz CT molecular complexity index is 531. The molecule has 1 aromatic carbocycles. The lowest BCUT2D eigenvalue weighted by Gasteiger charge is -2.16. The highest BCUT2D eigenvalue weighted by Crippen LogP contribution is 2.17. The number of halogens is 1. The molecule has 1 aromatic rings. The maximum absolute atomic E-state index is 12.2. The zero-order valence-electron chi connectivity index (χ0n) is 10.5. The standard InChI is InChI=1S/C11H16BrN3O3S/c1-15(8-11(16)14-7-6-13)19(17,18)10-4-2-9(12)3-5-10/h2-5H,6-8,13H2,1H3,(H,14,16). The number of nitrogens with zero attached hydrogens (tertiary/aromatic N) is 1. The second-order valence-electron chi connectivity index (χ2n) is 3.85. The van der Waals surface area contributed by atoms with Crippen LogP contribution in [0.1, 0.15) is 0 Å². The van der Waals surface area contributed by atoms with Crippen LogP contribution >= 0.6 is 15.9 Å². The summed E-state index contributed by atoms with van der Waals surface area (Å²) in [6, 6.07) is 6.23. The quantitative estimate of drug-likeness (QED) is 0.764. The predicted molar refractivity (Wildman–Crippen MR) is 76.0 cm³/mol. The summed E-state index contributed by atoms with van der Waals surface area (Å²) in [7, 11) is -2.29. The minimum atomic E-state index is -3.66. The van der Waals surface area contributed by atoms with Crippen LogP contribution in [0.25, 0.3) is 0 Å². The van der Waals surface area contributed by atoms with Gasteiger partial charge < -0.3 is 11.1 Å². The second-order valence-corrected chi connectivity index (χ2v) is 6.81. The Morgan fingerprint density at radius 3 is 2.47 bits per heavy atom. The first-order valence-electron chi connectivity index (χ1n) is 5.56. The van der Waals surface area contributed by atoms with Gasteiger partial charge in [0.25, 0.3) is 0 Å². The molecule has 8 heteroatoms. The number of hydrogen-bond donors (Lipinski definition) is 2. The van der Waals surface area contributed by atoms with E-state index in [1.807, 2.05) is 0 Å². The Balaban J connectivity index is 2.77. The van der Waals surface area contributed by atoms with Gasteiger partial charge >= 0.3 is 0 Å². The molecular weight excluding hydrogens is 334 g/mol. The van der Waals surface area contributed by atoms with E-state index in [0.717, 1.165) is 8.78 Å². The lowest BCUT2D eigenvalue weighted by Crippen LogP contribution is -2.39. The summed E-state index contributed by atoms with van der Waals surface area (Å²) in [5, 5.41) is 2.52. The van der Waals surface area contributed by atoms with Gasteiger partial charge in [0.15, 0.2) is 0 Å². The van der Waals surface area contributed by atoms with Crippen molar-refractivity contribution in [2.75, 3.05) is 26.7 Å². The summed E-state index contributed by atoms with van der Waals surface area (Å²) in [4.78, 5) is 11.6. The van der Waals surface area contributed by atoms with Crippen molar-refractivity contribution in [1.82, 2.24) is 9.62 Å². The number of amides is 1. The summed E-state index contributed by atoms with van der Waals surface area (Å²) in [6.07, 6.45) is 0. The van der Waals surface area contributed by atoms with E-state index >= 15 is 0 Å². The van der Waals surface area contributed by atoms with Gasteiger partial charge in [-0.3, -0.25) is 4.79 Å². The van der Waals surface area contributed by atoms with Crippen molar-refractivity contribution in [1.29, 1.82) is 0 Å². The molecule has 1 amide bonds. The third-order valence-electron chi connectivity index (χ3n) is 2.35. The third-order valence-corrected chi connectivity index (χ3v) is 4.70. The van der Waals surface area contributed by atoms with Crippen LogP contribution in [-0.2, 0) is 14.8 Å². The fourth-order valence-corrected chi connectivity index (χ4v) is 2.73. The average Bonchev–Trinajstić information content (AvgIpc) is 2.36. The third kappa shape index (κ3) is 4.57. The number of nitrogens with two attached hydrogens (primary N) is 1. The lowest BCUT2D eigenvalue weighted by molar-refractivity contribution is -0.121. The van der Waals surface area contributed by atoms with Crippen LogP contribution in [0, 0.1) is 0 Å². The van der Waals surface area contributed by atoms with E-state index < -0.39 is 10.0 Å². The van der Waals surface area contributed by atoms with Gasteiger partial charge in [0.1, 0.15) is 0 Å². The molecule has 0 spiro atoms. The van der Waals surface area contributed by atoms with Crippen molar-refractivity contribution in [3.05, 3.63) is 28.7 Å². The molecular formula is C11H16BrN3O3S. The predicted octanol–water partition coefficient (Wildman–Crippen LogP) is 0.145. The van der Waals surface area contributed by atoms with Crippen LogP contribution in [0.5, 0.6) is 0 Å². The molecule has 0 aliphatic rings. The zero-order valence-corrected chi connectivity index (χ0v) is 12.9. The number of benzene rings is 1. The highest BCUT2D eigenvalue weighted by Gasteiger charge is 2.22. The van der Waals surface area contributed by atoms with Crippen LogP contribution in [-0.4, -0.2) is 45.3 Å². The highest BCUT2D eigenvalue weighted by atomic mass is 79.9. The molecule has 0 heterocycles. The van der Waals surface area contributed by atoms with Gasteiger partial charge in [-0.05, 0) is 24.3 Å². The molecule has 0 bridgehead atoms. The van der Waals surface area contributed by atoms with Crippen molar-refractivity contribution < 1.29 is 13.2 Å². The van der Waals surface area contributed by atoms with Gasteiger partial charge in [0, 0.05) is 24.6 Å². The van der Waals surface area contributed by atoms with Gasteiger partial charge in [0.2, 0.25) is 15.9 Å². The molecule has 1 rings (SSSR count). The molecule has 0 fully saturated rings. The molecule has 0 radical (unpaired) electrons. The normalized spacial score (nSPS) is 11.6. The summed E-state index contributed by atoms with van der Waals surface area (Å²) in [5.41, 5.74) is 5.25. The SMILES string of the molecule is CN(CC(=O)NCCN)S(=O)(=O)c1ccc(Br)cc1. The Labute approximate surface area is 121 Å². The molecule has 6 nitrogen and oxygen atoms in total. The summed E-state index contributed by atoms with van der Waals surface area (Å²) in [5.74, 6) is -0.381. The van der Waals surface area contributed by atoms with E-state index in [1.54, 1.807) is 12.1 Å². The van der Waals surface area contributed by atoms with Crippen molar-refractivity contribution >= 4 is 31.9 Å². The van der Waals surface area contributed by atoms with Crippen molar-refractivity contribution in [3.8, 4) is 0 Å². The maximum atomic E-state index is 12.2. The van der Waals surface area contributed by atoms with Gasteiger partial charge in [-0.2, -0.15) is 4.31 Å². The number of likely N-dealkylation sites (N-methyl/N-ethyl adjacent to an activating group) is 1. The summed E-state index contributed by atoms with van der Waals surface area (Å²) >= 11 is 3.23. The Kier molecular flexibility index (Phi) is 5.92. The van der Waals surface area contributed by atoms with E-state index in [4.69, 9.17) is 5.73 Å². The van der Waals surface area contributed by atoms with E-state index in [1.165, 1.54) is 19.2 Å². The number of carbonyl (C=O) groups is 1. The molecule has 0 saturated heterocycles. The Hall–Kier alpha value is -0.960. The van der Waals surface area contributed by atoms with Crippen molar-refractivity contribution in [2.45, 2.75) is 4.90 Å². The Morgan fingerprint density at radius 2 is 1.95 bits per heavy atom. The van der Waals surface area contributed by atoms with Gasteiger partial charge in [-0.25, -0.2) is 8.42 Å². The van der Waals surface area contributed by atoms with E-state index in [2.05, 4.69) is 21.2 Å². The number of sulfonamides is 1. The van der Waals surface area contributed by atoms with Crippen molar-refractivity contribution in [3.63, 3.8) is 0 Å². The largest absolute Gasteiger partial charge is 0.354 e. The number of hydrogen-bond acceptors (Lipinski definition) is 4. The monoisotopic (exact) mass is 349 g/mol. The zero-order chi connectivity index (χ0) is 14.5. The molecule has 0 atom stereocenters. The van der Waals surface area contributed by atoms with Crippen LogP contribution < -0.4 is 11.1 Å². The topological polar surface area (TPSA) is 92.5 Å².